The Balaban J connectivity index is 2.22. The third-order valence-corrected chi connectivity index (χ3v) is 1.33. The van der Waals surface area contributed by atoms with E-state index in [1.807, 2.05) is 5.01 Å². The fraction of sp³-hybridized carbons (Fsp3) is 1.00. The second-order valence-corrected chi connectivity index (χ2v) is 1.81. The van der Waals surface area contributed by atoms with Gasteiger partial charge in [-0.2, -0.15) is 0 Å². The van der Waals surface area contributed by atoms with Gasteiger partial charge in [0, 0.05) is 0 Å². The van der Waals surface area contributed by atoms with Crippen molar-refractivity contribution in [3.63, 3.8) is 0 Å². The van der Waals surface area contributed by atoms with E-state index in [9.17, 15) is 0 Å². The summed E-state index contributed by atoms with van der Waals surface area (Å²) in [5.41, 5.74) is 0. The van der Waals surface area contributed by atoms with Gasteiger partial charge in [0.05, 0.1) is 38.7 Å². The highest BCUT2D eigenvalue weighted by atomic mass is 32.1. The van der Waals surface area contributed by atoms with Gasteiger partial charge in [0.15, 0.2) is 0 Å². The summed E-state index contributed by atoms with van der Waals surface area (Å²) in [4.78, 5) is 0. The maximum atomic E-state index is 5.05. The van der Waals surface area contributed by atoms with Gasteiger partial charge < -0.3 is 4.74 Å². The van der Waals surface area contributed by atoms with Crippen LogP contribution in [0.5, 0.6) is 0 Å². The normalized spacial score (nSPS) is 20.8. The summed E-state index contributed by atoms with van der Waals surface area (Å²) in [7, 11) is 0. The van der Waals surface area contributed by atoms with Crippen LogP contribution in [0.3, 0.4) is 0 Å². The van der Waals surface area contributed by atoms with Crippen LogP contribution < -0.4 is 0 Å². The summed E-state index contributed by atoms with van der Waals surface area (Å²) >= 11 is 4.47. The van der Waals surface area contributed by atoms with Crippen LogP contribution in [-0.4, -0.2) is 31.3 Å². The van der Waals surface area contributed by atoms with E-state index in [1.165, 1.54) is 0 Å². The molecule has 0 radical (unpaired) electrons. The van der Waals surface area contributed by atoms with Crippen molar-refractivity contribution < 1.29 is 4.74 Å². The lowest BCUT2D eigenvalue weighted by Crippen LogP contribution is -2.31. The highest BCUT2D eigenvalue weighted by molar-refractivity contribution is 7.47. The second-order valence-electron chi connectivity index (χ2n) is 1.65. The van der Waals surface area contributed by atoms with Crippen molar-refractivity contribution in [1.82, 2.24) is 5.01 Å². The lowest BCUT2D eigenvalue weighted by atomic mass is 10.5. The smallest absolute Gasteiger partial charge is 0.0659 e. The van der Waals surface area contributed by atoms with Crippen LogP contribution in [0.15, 0.2) is 4.47 Å². The largest absolute Gasteiger partial charge is 0.378 e. The summed E-state index contributed by atoms with van der Waals surface area (Å²) in [6.45, 7) is 3.23. The molecule has 0 aromatic heterocycles. The summed E-state index contributed by atoms with van der Waals surface area (Å²) in [5.74, 6) is 0. The minimum Gasteiger partial charge on any atom is -0.378 e. The molecule has 8 heavy (non-hydrogen) atoms. The van der Waals surface area contributed by atoms with Crippen LogP contribution in [-0.2, 0) is 17.2 Å². The highest BCUT2D eigenvalue weighted by Gasteiger charge is 2.05. The monoisotopic (exact) mass is 132 g/mol. The number of rotatable bonds is 1. The number of nitrogens with zero attached hydrogens (tertiary/aromatic N) is 2. The molecule has 0 aromatic carbocycles. The maximum Gasteiger partial charge on any atom is 0.0659 e. The molecule has 0 atom stereocenters. The molecule has 0 N–H and O–H groups in total. The Morgan fingerprint density at radius 2 is 2.00 bits per heavy atom. The average molecular weight is 132 g/mol. The number of hydrogen-bond donors (Lipinski definition) is 0. The highest BCUT2D eigenvalue weighted by Crippen LogP contribution is 1.94. The molecule has 1 aliphatic heterocycles. The van der Waals surface area contributed by atoms with Crippen LogP contribution in [0.4, 0.5) is 0 Å². The molecule has 1 rings (SSSR count). The van der Waals surface area contributed by atoms with Gasteiger partial charge in [0.25, 0.3) is 0 Å². The van der Waals surface area contributed by atoms with E-state index in [1.54, 1.807) is 0 Å². The van der Waals surface area contributed by atoms with Gasteiger partial charge in [0.2, 0.25) is 0 Å². The Morgan fingerprint density at radius 1 is 1.38 bits per heavy atom. The van der Waals surface area contributed by atoms with Gasteiger partial charge in [-0.3, -0.25) is 5.01 Å². The fourth-order valence-corrected chi connectivity index (χ4v) is 0.799. The molecule has 0 aliphatic carbocycles. The standard InChI is InChI=1S/C4H8N2OS/c8-5-6-1-3-7-4-2-6/h1-4H2. The molecule has 46 valence electrons. The quantitative estimate of drug-likeness (QED) is 0.500. The van der Waals surface area contributed by atoms with Gasteiger partial charge in [0.1, 0.15) is 0 Å². The minimum absolute atomic E-state index is 0.764. The summed E-state index contributed by atoms with van der Waals surface area (Å²) in [6.07, 6.45) is 0. The van der Waals surface area contributed by atoms with Crippen molar-refractivity contribution in [2.45, 2.75) is 0 Å². The van der Waals surface area contributed by atoms with E-state index < -0.39 is 0 Å². The Bertz CT molecular complexity index is 82.1. The van der Waals surface area contributed by atoms with Crippen molar-refractivity contribution in [3.05, 3.63) is 0 Å². The maximum absolute atomic E-state index is 5.05. The topological polar surface area (TPSA) is 24.8 Å². The Kier molecular flexibility index (Phi) is 2.17. The molecule has 0 amide bonds. The van der Waals surface area contributed by atoms with Crippen molar-refractivity contribution in [1.29, 1.82) is 0 Å². The predicted molar refractivity (Wildman–Crippen MR) is 32.2 cm³/mol. The summed E-state index contributed by atoms with van der Waals surface area (Å²) in [5, 5.41) is 1.83. The van der Waals surface area contributed by atoms with Gasteiger partial charge >= 0.3 is 0 Å². The zero-order valence-corrected chi connectivity index (χ0v) is 5.36. The van der Waals surface area contributed by atoms with Crippen LogP contribution in [0, 0.1) is 0 Å². The van der Waals surface area contributed by atoms with Gasteiger partial charge in [-0.15, -0.1) is 4.47 Å². The SMILES string of the molecule is S=NN1CCOCC1. The molecule has 1 fully saturated rings. The minimum atomic E-state index is 0.764. The van der Waals surface area contributed by atoms with Crippen LogP contribution >= 0.6 is 0 Å². The number of morpholine rings is 1. The van der Waals surface area contributed by atoms with Crippen LogP contribution in [0.1, 0.15) is 0 Å². The molecular weight excluding hydrogens is 124 g/mol. The molecule has 0 aromatic rings. The predicted octanol–water partition coefficient (Wildman–Crippen LogP) is -0.0359. The van der Waals surface area contributed by atoms with Crippen molar-refractivity contribution in [2.75, 3.05) is 26.3 Å². The third-order valence-electron chi connectivity index (χ3n) is 1.10. The Morgan fingerprint density at radius 3 is 2.38 bits per heavy atom. The zero-order chi connectivity index (χ0) is 5.82. The summed E-state index contributed by atoms with van der Waals surface area (Å²) < 4.78 is 8.64. The Hall–Kier alpha value is -0.220. The lowest BCUT2D eigenvalue weighted by molar-refractivity contribution is 0.0409. The van der Waals surface area contributed by atoms with E-state index in [-0.39, 0.29) is 0 Å². The van der Waals surface area contributed by atoms with Crippen LogP contribution in [0.2, 0.25) is 0 Å². The molecule has 0 saturated carbocycles. The molecule has 0 spiro atoms. The van der Waals surface area contributed by atoms with Gasteiger partial charge in [-0.25, -0.2) is 0 Å². The number of hydrogen-bond acceptors (Lipinski definition) is 3. The first-order valence-corrected chi connectivity index (χ1v) is 2.96. The number of ether oxygens (including phenoxy) is 1. The van der Waals surface area contributed by atoms with E-state index in [0.29, 0.717) is 0 Å². The first-order chi connectivity index (χ1) is 3.93. The Labute approximate surface area is 53.8 Å². The molecule has 1 aliphatic rings. The first-order valence-electron chi connectivity index (χ1n) is 2.59. The average Bonchev–Trinajstić information content (AvgIpc) is 1.90. The second kappa shape index (κ2) is 2.94. The van der Waals surface area contributed by atoms with E-state index >= 15 is 0 Å². The van der Waals surface area contributed by atoms with E-state index in [4.69, 9.17) is 4.74 Å². The molecular formula is C4H8N2OS. The van der Waals surface area contributed by atoms with Crippen LogP contribution in [0.25, 0.3) is 0 Å². The third kappa shape index (κ3) is 1.38. The van der Waals surface area contributed by atoms with E-state index in [2.05, 4.69) is 16.9 Å². The molecule has 1 heterocycles. The molecule has 0 bridgehead atoms. The first kappa shape index (κ1) is 5.91. The molecule has 4 heteroatoms. The lowest BCUT2D eigenvalue weighted by Gasteiger charge is -2.21. The van der Waals surface area contributed by atoms with Gasteiger partial charge in [-0.05, 0) is 0 Å². The van der Waals surface area contributed by atoms with Gasteiger partial charge in [-0.1, -0.05) is 0 Å². The van der Waals surface area contributed by atoms with Crippen molar-refractivity contribution in [3.8, 4) is 0 Å². The summed E-state index contributed by atoms with van der Waals surface area (Å²) in [6, 6.07) is 0. The van der Waals surface area contributed by atoms with Crippen molar-refractivity contribution >= 4 is 12.4 Å². The zero-order valence-electron chi connectivity index (χ0n) is 4.54. The fourth-order valence-electron chi connectivity index (χ4n) is 0.635. The van der Waals surface area contributed by atoms with E-state index in [0.717, 1.165) is 26.3 Å². The van der Waals surface area contributed by atoms with Crippen molar-refractivity contribution in [2.24, 2.45) is 4.47 Å². The molecule has 3 nitrogen and oxygen atoms in total. The molecule has 0 unspecified atom stereocenters. The molecule has 1 saturated heterocycles.